The maximum absolute atomic E-state index is 13.5. The Morgan fingerprint density at radius 3 is 2.00 bits per heavy atom. The first kappa shape index (κ1) is 27.8. The highest BCUT2D eigenvalue weighted by Gasteiger charge is 2.54. The second-order valence-electron chi connectivity index (χ2n) is 10.2. The number of nitrogens with two attached hydrogens (primary N) is 1. The fourth-order valence-corrected chi connectivity index (χ4v) is 5.33. The van der Waals surface area contributed by atoms with E-state index in [1.54, 1.807) is 17.0 Å². The number of benzene rings is 2. The minimum atomic E-state index is -5.09. The van der Waals surface area contributed by atoms with Crippen LogP contribution in [0, 0.1) is 5.82 Å². The summed E-state index contributed by atoms with van der Waals surface area (Å²) in [7, 11) is 0. The first-order valence-electron chi connectivity index (χ1n) is 12.4. The van der Waals surface area contributed by atoms with Crippen LogP contribution in [0.2, 0.25) is 0 Å². The zero-order valence-corrected chi connectivity index (χ0v) is 20.6. The van der Waals surface area contributed by atoms with E-state index in [4.69, 9.17) is 10.5 Å². The van der Waals surface area contributed by atoms with Gasteiger partial charge in [0.15, 0.2) is 0 Å². The van der Waals surface area contributed by atoms with Crippen LogP contribution in [0.4, 0.5) is 22.4 Å². The fourth-order valence-electron chi connectivity index (χ4n) is 5.33. The molecular weight excluding hydrogens is 508 g/mol. The molecule has 0 aromatic heterocycles. The van der Waals surface area contributed by atoms with Crippen molar-refractivity contribution in [2.75, 3.05) is 13.2 Å². The predicted octanol–water partition coefficient (Wildman–Crippen LogP) is 4.15. The Morgan fingerprint density at radius 2 is 1.53 bits per heavy atom. The maximum Gasteiger partial charge on any atom is 0.423 e. The van der Waals surface area contributed by atoms with Crippen LogP contribution in [0.3, 0.4) is 0 Å². The molecule has 2 aromatic rings. The third-order valence-corrected chi connectivity index (χ3v) is 7.73. The molecule has 2 fully saturated rings. The standard InChI is InChI=1S/C27H30F4N2O5/c28-20-7-5-18(6-8-20)25(16-38-24(32)36)13-11-22(12-14-25)33(21-9-10-21)23(35)17-1-3-19(4-2-17)26(37,15-34)27(29,30)31/h1-8,21-22,34,37H,9-16H2,(H2,32,36)/t22?,25?,26-/m1/s1. The van der Waals surface area contributed by atoms with Crippen LogP contribution in [-0.2, 0) is 15.8 Å². The number of carbonyl (C=O) groups excluding carboxylic acids is 2. The van der Waals surface area contributed by atoms with Crippen molar-refractivity contribution in [2.24, 2.45) is 5.73 Å². The Balaban J connectivity index is 1.53. The Bertz CT molecular complexity index is 1140. The van der Waals surface area contributed by atoms with E-state index in [1.807, 2.05) is 0 Å². The zero-order chi connectivity index (χ0) is 27.7. The van der Waals surface area contributed by atoms with Gasteiger partial charge in [-0.2, -0.15) is 13.2 Å². The summed E-state index contributed by atoms with van der Waals surface area (Å²) in [4.78, 5) is 26.6. The summed E-state index contributed by atoms with van der Waals surface area (Å²) < 4.78 is 58.6. The monoisotopic (exact) mass is 538 g/mol. The fraction of sp³-hybridized carbons (Fsp3) is 0.481. The van der Waals surface area contributed by atoms with Gasteiger partial charge in [-0.1, -0.05) is 24.3 Å². The Hall–Kier alpha value is -3.18. The van der Waals surface area contributed by atoms with Crippen molar-refractivity contribution >= 4 is 12.0 Å². The number of rotatable bonds is 8. The van der Waals surface area contributed by atoms with E-state index in [1.165, 1.54) is 24.3 Å². The van der Waals surface area contributed by atoms with Crippen molar-refractivity contribution < 1.29 is 42.1 Å². The van der Waals surface area contributed by atoms with Crippen LogP contribution in [0.25, 0.3) is 0 Å². The minimum absolute atomic E-state index is 0.0110. The average Bonchev–Trinajstić information content (AvgIpc) is 3.73. The summed E-state index contributed by atoms with van der Waals surface area (Å²) in [6.45, 7) is -1.53. The summed E-state index contributed by atoms with van der Waals surface area (Å²) in [6, 6.07) is 10.3. The summed E-state index contributed by atoms with van der Waals surface area (Å²) in [5.41, 5.74) is 1.61. The molecule has 0 bridgehead atoms. The lowest BCUT2D eigenvalue weighted by atomic mass is 9.68. The summed E-state index contributed by atoms with van der Waals surface area (Å²) in [5, 5.41) is 19.2. The van der Waals surface area contributed by atoms with Gasteiger partial charge in [-0.05, 0) is 73.9 Å². The predicted molar refractivity (Wildman–Crippen MR) is 129 cm³/mol. The van der Waals surface area contributed by atoms with Crippen LogP contribution in [0.15, 0.2) is 48.5 Å². The van der Waals surface area contributed by atoms with E-state index in [9.17, 15) is 37.4 Å². The molecule has 2 amide bonds. The third-order valence-electron chi connectivity index (χ3n) is 7.73. The Kier molecular flexibility index (Phi) is 7.72. The van der Waals surface area contributed by atoms with Crippen LogP contribution < -0.4 is 5.73 Å². The normalized spacial score (nSPS) is 23.4. The van der Waals surface area contributed by atoms with Gasteiger partial charge in [-0.3, -0.25) is 4.79 Å². The molecule has 1 atom stereocenters. The first-order valence-corrected chi connectivity index (χ1v) is 12.4. The van der Waals surface area contributed by atoms with Gasteiger partial charge in [-0.25, -0.2) is 9.18 Å². The lowest BCUT2D eigenvalue weighted by Gasteiger charge is -2.43. The van der Waals surface area contributed by atoms with E-state index in [0.29, 0.717) is 25.7 Å². The Labute approximate surface area is 217 Å². The number of aliphatic hydroxyl groups excluding tert-OH is 1. The number of halogens is 4. The van der Waals surface area contributed by atoms with E-state index >= 15 is 0 Å². The van der Waals surface area contributed by atoms with Gasteiger partial charge in [-0.15, -0.1) is 0 Å². The number of carbonyl (C=O) groups is 2. The van der Waals surface area contributed by atoms with Crippen molar-refractivity contribution in [3.05, 3.63) is 71.0 Å². The maximum atomic E-state index is 13.5. The highest BCUT2D eigenvalue weighted by molar-refractivity contribution is 5.95. The molecule has 0 spiro atoms. The van der Waals surface area contributed by atoms with E-state index in [0.717, 1.165) is 30.5 Å². The molecule has 2 saturated carbocycles. The topological polar surface area (TPSA) is 113 Å². The Morgan fingerprint density at radius 1 is 0.974 bits per heavy atom. The van der Waals surface area contributed by atoms with Gasteiger partial charge >= 0.3 is 12.3 Å². The van der Waals surface area contributed by atoms with Crippen molar-refractivity contribution in [3.63, 3.8) is 0 Å². The minimum Gasteiger partial charge on any atom is -0.449 e. The van der Waals surface area contributed by atoms with Gasteiger partial charge in [0.1, 0.15) is 12.4 Å². The van der Waals surface area contributed by atoms with Crippen molar-refractivity contribution in [1.82, 2.24) is 4.90 Å². The highest BCUT2D eigenvalue weighted by Crippen LogP contribution is 2.44. The van der Waals surface area contributed by atoms with Crippen molar-refractivity contribution in [2.45, 2.75) is 67.8 Å². The zero-order valence-electron chi connectivity index (χ0n) is 20.6. The van der Waals surface area contributed by atoms with Gasteiger partial charge < -0.3 is 25.6 Å². The number of hydrogen-bond acceptors (Lipinski definition) is 5. The van der Waals surface area contributed by atoms with Gasteiger partial charge in [0.25, 0.3) is 5.91 Å². The number of ether oxygens (including phenoxy) is 1. The molecule has 206 valence electrons. The van der Waals surface area contributed by atoms with E-state index in [2.05, 4.69) is 0 Å². The van der Waals surface area contributed by atoms with Gasteiger partial charge in [0, 0.05) is 23.1 Å². The molecule has 4 rings (SSSR count). The first-order chi connectivity index (χ1) is 17.9. The number of nitrogens with zero attached hydrogens (tertiary/aromatic N) is 1. The second-order valence-corrected chi connectivity index (χ2v) is 10.2. The smallest absolute Gasteiger partial charge is 0.423 e. The van der Waals surface area contributed by atoms with Crippen LogP contribution >= 0.6 is 0 Å². The lowest BCUT2D eigenvalue weighted by Crippen LogP contribution is -2.48. The van der Waals surface area contributed by atoms with Crippen LogP contribution in [0.5, 0.6) is 0 Å². The quantitative estimate of drug-likeness (QED) is 0.437. The molecule has 2 aliphatic rings. The molecule has 38 heavy (non-hydrogen) atoms. The highest BCUT2D eigenvalue weighted by atomic mass is 19.4. The molecule has 0 radical (unpaired) electrons. The van der Waals surface area contributed by atoms with E-state index in [-0.39, 0.29) is 30.2 Å². The van der Waals surface area contributed by atoms with E-state index < -0.39 is 41.3 Å². The van der Waals surface area contributed by atoms with Crippen molar-refractivity contribution in [1.29, 1.82) is 0 Å². The molecule has 2 aliphatic carbocycles. The molecule has 7 nitrogen and oxygen atoms in total. The summed E-state index contributed by atoms with van der Waals surface area (Å²) in [6.07, 6.45) is -2.16. The number of alkyl halides is 3. The molecule has 4 N–H and O–H groups in total. The second kappa shape index (κ2) is 10.5. The van der Waals surface area contributed by atoms with Crippen LogP contribution in [0.1, 0.15) is 60.0 Å². The number of hydrogen-bond donors (Lipinski definition) is 3. The summed E-state index contributed by atoms with van der Waals surface area (Å²) >= 11 is 0. The summed E-state index contributed by atoms with van der Waals surface area (Å²) in [5.74, 6) is -0.719. The molecule has 0 aliphatic heterocycles. The molecule has 11 heteroatoms. The molecule has 0 saturated heterocycles. The molecular formula is C27H30F4N2O5. The number of amides is 2. The van der Waals surface area contributed by atoms with Crippen molar-refractivity contribution in [3.8, 4) is 0 Å². The average molecular weight is 539 g/mol. The largest absolute Gasteiger partial charge is 0.449 e. The lowest BCUT2D eigenvalue weighted by molar-refractivity contribution is -0.277. The van der Waals surface area contributed by atoms with Gasteiger partial charge in [0.2, 0.25) is 5.60 Å². The molecule has 2 aromatic carbocycles. The van der Waals surface area contributed by atoms with Crippen LogP contribution in [-0.4, -0.2) is 58.6 Å². The molecule has 0 heterocycles. The van der Waals surface area contributed by atoms with Gasteiger partial charge in [0.05, 0.1) is 6.61 Å². The number of aliphatic hydroxyl groups is 2. The number of primary amides is 1. The third kappa shape index (κ3) is 5.49. The molecule has 0 unspecified atom stereocenters. The SMILES string of the molecule is NC(=O)OCC1(c2ccc(F)cc2)CCC(N(C(=O)c2ccc([C@](O)(CO)C(F)(F)F)cc2)C2CC2)CC1.